The number of hydrogen-bond acceptors (Lipinski definition) is 5. The number of likely N-dealkylation sites (tertiary alicyclic amines) is 1. The van der Waals surface area contributed by atoms with Crippen LogP contribution in [0.25, 0.3) is 0 Å². The number of para-hydroxylation sites is 1. The van der Waals surface area contributed by atoms with Crippen molar-refractivity contribution in [1.82, 2.24) is 4.98 Å². The van der Waals surface area contributed by atoms with E-state index in [1.165, 1.54) is 24.2 Å². The Morgan fingerprint density at radius 2 is 1.64 bits per heavy atom. The number of carboxylic acids is 1. The van der Waals surface area contributed by atoms with Crippen LogP contribution >= 0.6 is 11.3 Å². The van der Waals surface area contributed by atoms with Crippen molar-refractivity contribution in [3.63, 3.8) is 0 Å². The Bertz CT molecular complexity index is 1030. The molecule has 1 aliphatic rings. The van der Waals surface area contributed by atoms with Crippen molar-refractivity contribution < 1.29 is 19.6 Å². The molecule has 1 atom stereocenters. The topological polar surface area (TPSA) is 83.7 Å². The number of thiazole rings is 1. The van der Waals surface area contributed by atoms with Gasteiger partial charge in [-0.15, -0.1) is 11.3 Å². The molecule has 1 aliphatic heterocycles. The number of aromatic nitrogens is 1. The number of benzene rings is 2. The smallest absolute Gasteiger partial charge is 0.330 e. The van der Waals surface area contributed by atoms with Crippen molar-refractivity contribution in [1.29, 1.82) is 0 Å². The van der Waals surface area contributed by atoms with E-state index in [0.717, 1.165) is 35.3 Å². The summed E-state index contributed by atoms with van der Waals surface area (Å²) in [6, 6.07) is 17.7. The number of piperidine rings is 1. The van der Waals surface area contributed by atoms with Gasteiger partial charge in [0.05, 0.1) is 18.1 Å². The van der Waals surface area contributed by atoms with Crippen LogP contribution in [-0.2, 0) is 4.79 Å². The highest BCUT2D eigenvalue weighted by atomic mass is 32.1. The maximum absolute atomic E-state index is 12.0. The van der Waals surface area contributed by atoms with E-state index in [4.69, 9.17) is 0 Å². The third-order valence-electron chi connectivity index (χ3n) is 6.17. The Balaban J connectivity index is 0.000000237. The Morgan fingerprint density at radius 1 is 1.06 bits per heavy atom. The van der Waals surface area contributed by atoms with Crippen LogP contribution < -0.4 is 10.2 Å². The number of nitrogens with one attached hydrogen (secondary N) is 2. The lowest BCUT2D eigenvalue weighted by Crippen LogP contribution is -3.13. The number of ketones is 1. The number of anilines is 1. The first kappa shape index (κ1) is 29.2. The molecule has 7 heteroatoms. The van der Waals surface area contributed by atoms with Gasteiger partial charge in [0.2, 0.25) is 5.78 Å². The van der Waals surface area contributed by atoms with Crippen LogP contribution in [0, 0.1) is 12.8 Å². The summed E-state index contributed by atoms with van der Waals surface area (Å²) < 4.78 is 0. The van der Waals surface area contributed by atoms with E-state index in [2.05, 4.69) is 17.2 Å². The van der Waals surface area contributed by atoms with E-state index in [-0.39, 0.29) is 5.78 Å². The molecule has 3 N–H and O–H groups in total. The number of aryl methyl sites for hydroxylation is 1. The Hall–Kier alpha value is -3.03. The molecule has 2 heterocycles. The Kier molecular flexibility index (Phi) is 12.9. The molecule has 4 rings (SSSR count). The molecule has 1 saturated heterocycles. The van der Waals surface area contributed by atoms with Gasteiger partial charge < -0.3 is 15.3 Å². The number of quaternary nitrogens is 1. The van der Waals surface area contributed by atoms with E-state index >= 15 is 0 Å². The van der Waals surface area contributed by atoms with Gasteiger partial charge in [0.1, 0.15) is 12.2 Å². The van der Waals surface area contributed by atoms with Crippen LogP contribution in [0.15, 0.2) is 66.0 Å². The number of Topliss-reactive ketones (excluding diaryl/α,β-unsaturated/α-hetero) is 1. The summed E-state index contributed by atoms with van der Waals surface area (Å²) in [6.07, 6.45) is 3.83. The summed E-state index contributed by atoms with van der Waals surface area (Å²) in [5.41, 5.74) is 2.20. The average molecular weight is 511 g/mol. The van der Waals surface area contributed by atoms with Crippen LogP contribution in [0.4, 0.5) is 5.69 Å². The molecule has 3 aromatic rings. The highest BCUT2D eigenvalue weighted by molar-refractivity contribution is 7.09. The number of carbonyl (C=O) groups excluding carboxylic acids is 1. The van der Waals surface area contributed by atoms with Crippen molar-refractivity contribution in [2.45, 2.75) is 53.0 Å². The highest BCUT2D eigenvalue weighted by Crippen LogP contribution is 2.19. The molecule has 1 aromatic heterocycles. The van der Waals surface area contributed by atoms with Gasteiger partial charge in [0, 0.05) is 11.1 Å². The molecule has 0 amide bonds. The number of rotatable bonds is 8. The minimum Gasteiger partial charge on any atom is -0.479 e. The van der Waals surface area contributed by atoms with Crippen molar-refractivity contribution in [3.8, 4) is 0 Å². The van der Waals surface area contributed by atoms with Gasteiger partial charge in [0.15, 0.2) is 6.04 Å². The first-order valence-corrected chi connectivity index (χ1v) is 13.7. The maximum Gasteiger partial charge on any atom is 0.330 e. The molecule has 0 radical (unpaired) electrons. The molecule has 0 bridgehead atoms. The molecule has 0 spiro atoms. The van der Waals surface area contributed by atoms with Gasteiger partial charge >= 0.3 is 5.97 Å². The number of aliphatic carboxylic acids is 1. The zero-order valence-corrected chi connectivity index (χ0v) is 22.7. The van der Waals surface area contributed by atoms with Gasteiger partial charge in [-0.1, -0.05) is 75.7 Å². The standard InChI is InChI=1S/C14H13NO2.C13H20N2OS.C2H6/c16-14(17)13(11-7-3-1-4-8-11)15-12-9-5-2-6-10-12;1-3-11-4-6-15(7-5-11)8-13(16)12-9-17-10(2)14-12;1-2/h1-10,13,15H,(H,16,17);9,11H,3-8H2,1-2H3;1-2H3/p+1. The minimum absolute atomic E-state index is 0.208. The van der Waals surface area contributed by atoms with Crippen LogP contribution in [0.5, 0.6) is 0 Å². The largest absolute Gasteiger partial charge is 0.479 e. The van der Waals surface area contributed by atoms with Crippen molar-refractivity contribution >= 4 is 28.8 Å². The van der Waals surface area contributed by atoms with Crippen molar-refractivity contribution in [2.75, 3.05) is 25.0 Å². The normalized spacial score (nSPS) is 17.4. The van der Waals surface area contributed by atoms with E-state index < -0.39 is 12.0 Å². The summed E-state index contributed by atoms with van der Waals surface area (Å²) in [7, 11) is 0. The van der Waals surface area contributed by atoms with Gasteiger partial charge in [-0.05, 0) is 43.4 Å². The molecule has 0 saturated carbocycles. The third kappa shape index (κ3) is 9.55. The first-order valence-electron chi connectivity index (χ1n) is 12.8. The van der Waals surface area contributed by atoms with Crippen LogP contribution in [0.1, 0.15) is 67.1 Å². The highest BCUT2D eigenvalue weighted by Gasteiger charge is 2.24. The van der Waals surface area contributed by atoms with Crippen molar-refractivity contribution in [2.24, 2.45) is 5.92 Å². The van der Waals surface area contributed by atoms with Gasteiger partial charge in [-0.2, -0.15) is 0 Å². The average Bonchev–Trinajstić information content (AvgIpc) is 3.36. The van der Waals surface area contributed by atoms with E-state index in [1.54, 1.807) is 23.5 Å². The van der Waals surface area contributed by atoms with E-state index in [9.17, 15) is 14.7 Å². The van der Waals surface area contributed by atoms with E-state index in [0.29, 0.717) is 12.2 Å². The van der Waals surface area contributed by atoms with E-state index in [1.807, 2.05) is 74.7 Å². The monoisotopic (exact) mass is 510 g/mol. The third-order valence-corrected chi connectivity index (χ3v) is 6.94. The maximum atomic E-state index is 12.0. The summed E-state index contributed by atoms with van der Waals surface area (Å²) in [4.78, 5) is 28.9. The van der Waals surface area contributed by atoms with Crippen LogP contribution in [0.2, 0.25) is 0 Å². The SMILES string of the molecule is CC.CCC1CC[NH+](CC(=O)c2csc(C)n2)CC1.O=C(O)C(Nc1ccccc1)c1ccccc1. The predicted octanol–water partition coefficient (Wildman–Crippen LogP) is 5.29. The van der Waals surface area contributed by atoms with Gasteiger partial charge in [-0.3, -0.25) is 4.79 Å². The number of carbonyl (C=O) groups is 2. The molecule has 36 heavy (non-hydrogen) atoms. The fourth-order valence-electron chi connectivity index (χ4n) is 4.11. The Labute approximate surface area is 219 Å². The van der Waals surface area contributed by atoms with Crippen molar-refractivity contribution in [3.05, 3.63) is 82.3 Å². The second-order valence-corrected chi connectivity index (χ2v) is 9.71. The second-order valence-electron chi connectivity index (χ2n) is 8.65. The predicted molar refractivity (Wildman–Crippen MR) is 148 cm³/mol. The number of carboxylic acid groups (broad SMARTS) is 1. The summed E-state index contributed by atoms with van der Waals surface area (Å²) in [5, 5.41) is 15.1. The molecule has 1 unspecified atom stereocenters. The molecule has 194 valence electrons. The molecular formula is C29H40N3O3S+. The Morgan fingerprint density at radius 3 is 2.14 bits per heavy atom. The lowest BCUT2D eigenvalue weighted by molar-refractivity contribution is -0.897. The van der Waals surface area contributed by atoms with Crippen LogP contribution in [-0.4, -0.2) is 41.5 Å². The molecule has 0 aliphatic carbocycles. The molecule has 6 nitrogen and oxygen atoms in total. The number of nitrogens with zero attached hydrogens (tertiary/aromatic N) is 1. The lowest BCUT2D eigenvalue weighted by Gasteiger charge is -2.27. The van der Waals surface area contributed by atoms with Gasteiger partial charge in [0.25, 0.3) is 0 Å². The molecular weight excluding hydrogens is 470 g/mol. The zero-order chi connectivity index (χ0) is 26.3. The number of hydrogen-bond donors (Lipinski definition) is 3. The second kappa shape index (κ2) is 15.9. The first-order chi connectivity index (χ1) is 17.5. The fourth-order valence-corrected chi connectivity index (χ4v) is 4.73. The van der Waals surface area contributed by atoms with Gasteiger partial charge in [-0.25, -0.2) is 9.78 Å². The molecule has 1 fully saturated rings. The lowest BCUT2D eigenvalue weighted by atomic mass is 9.94. The summed E-state index contributed by atoms with van der Waals surface area (Å²) in [5.74, 6) is 0.203. The minimum atomic E-state index is -0.889. The quantitative estimate of drug-likeness (QED) is 0.359. The molecule has 2 aromatic carbocycles. The summed E-state index contributed by atoms with van der Waals surface area (Å²) in [6.45, 7) is 11.1. The summed E-state index contributed by atoms with van der Waals surface area (Å²) >= 11 is 1.56. The van der Waals surface area contributed by atoms with Crippen LogP contribution in [0.3, 0.4) is 0 Å². The fraction of sp³-hybridized carbons (Fsp3) is 0.414. The zero-order valence-electron chi connectivity index (χ0n) is 21.9.